The van der Waals surface area contributed by atoms with Gasteiger partial charge in [0.2, 0.25) is 11.8 Å². The lowest BCUT2D eigenvalue weighted by Gasteiger charge is -2.35. The van der Waals surface area contributed by atoms with E-state index in [1.165, 1.54) is 11.0 Å². The van der Waals surface area contributed by atoms with E-state index in [1.54, 1.807) is 24.5 Å². The van der Waals surface area contributed by atoms with Crippen LogP contribution in [0, 0.1) is 11.6 Å². The minimum Gasteiger partial charge on any atom is -0.348 e. The van der Waals surface area contributed by atoms with Crippen molar-refractivity contribution < 1.29 is 23.2 Å². The van der Waals surface area contributed by atoms with Gasteiger partial charge in [-0.2, -0.15) is 0 Å². The Kier molecular flexibility index (Phi) is 6.30. The third-order valence-electron chi connectivity index (χ3n) is 7.75. The lowest BCUT2D eigenvalue weighted by molar-refractivity contribution is -0.134. The Hall–Kier alpha value is -4.64. The molecule has 4 heterocycles. The average Bonchev–Trinajstić information content (AvgIpc) is 3.54. The predicted molar refractivity (Wildman–Crippen MR) is 143 cm³/mol. The maximum Gasteiger partial charge on any atom is 0.268 e. The Morgan fingerprint density at radius 1 is 1.12 bits per heavy atom. The number of para-hydroxylation sites is 1. The Bertz CT molecular complexity index is 1600. The number of carbonyl (C=O) groups excluding carboxylic acids is 3. The van der Waals surface area contributed by atoms with E-state index in [1.807, 2.05) is 24.3 Å². The zero-order chi connectivity index (χ0) is 28.0. The van der Waals surface area contributed by atoms with Crippen LogP contribution < -0.4 is 16.4 Å². The molecule has 0 aliphatic carbocycles. The number of benzene rings is 2. The standard InChI is InChI=1S/C29H26F2N6O3/c30-19-5-6-20(31)26-17(19)12-22(35-26)27(39)36-23(11-16-7-9-33-10-8-16)28(40)37-15-29(13-24(37)32)14-25(38)34-21-4-2-1-3-18(21)29/h1-10,12,23-24,35H,11,13-15,32H2,(H,34,38)(H,36,39)/t23-,24-,29-/m0/s1. The van der Waals surface area contributed by atoms with Crippen molar-refractivity contribution in [2.75, 3.05) is 11.9 Å². The number of nitrogens with zero attached hydrogens (tertiary/aromatic N) is 2. The first-order chi connectivity index (χ1) is 19.2. The summed E-state index contributed by atoms with van der Waals surface area (Å²) >= 11 is 0. The van der Waals surface area contributed by atoms with E-state index in [0.717, 1.165) is 23.3 Å². The van der Waals surface area contributed by atoms with Crippen molar-refractivity contribution in [1.29, 1.82) is 0 Å². The molecule has 1 saturated heterocycles. The summed E-state index contributed by atoms with van der Waals surface area (Å²) in [6.07, 6.45) is 3.14. The summed E-state index contributed by atoms with van der Waals surface area (Å²) in [6.45, 7) is 0.197. The van der Waals surface area contributed by atoms with E-state index in [0.29, 0.717) is 12.1 Å². The number of rotatable bonds is 5. The number of hydrogen-bond donors (Lipinski definition) is 4. The van der Waals surface area contributed by atoms with Gasteiger partial charge in [-0.3, -0.25) is 19.4 Å². The number of nitrogens with two attached hydrogens (primary N) is 1. The number of likely N-dealkylation sites (tertiary alicyclic amines) is 1. The highest BCUT2D eigenvalue weighted by Crippen LogP contribution is 2.45. The molecular formula is C29H26F2N6O3. The molecule has 40 heavy (non-hydrogen) atoms. The fraction of sp³-hybridized carbons (Fsp3) is 0.241. The van der Waals surface area contributed by atoms with E-state index in [-0.39, 0.29) is 41.9 Å². The fourth-order valence-corrected chi connectivity index (χ4v) is 5.90. The number of pyridine rings is 1. The summed E-state index contributed by atoms with van der Waals surface area (Å²) in [7, 11) is 0. The zero-order valence-corrected chi connectivity index (χ0v) is 21.3. The molecule has 2 aromatic heterocycles. The van der Waals surface area contributed by atoms with E-state index in [9.17, 15) is 23.2 Å². The summed E-state index contributed by atoms with van der Waals surface area (Å²) in [6, 6.07) is 13.0. The minimum atomic E-state index is -1.05. The number of halogens is 2. The zero-order valence-electron chi connectivity index (χ0n) is 21.3. The van der Waals surface area contributed by atoms with E-state index in [2.05, 4.69) is 20.6 Å². The monoisotopic (exact) mass is 544 g/mol. The van der Waals surface area contributed by atoms with Crippen molar-refractivity contribution in [3.05, 3.63) is 95.4 Å². The van der Waals surface area contributed by atoms with Gasteiger partial charge in [0.1, 0.15) is 23.4 Å². The number of H-pyrrole nitrogens is 1. The number of amides is 3. The van der Waals surface area contributed by atoms with Gasteiger partial charge >= 0.3 is 0 Å². The lowest BCUT2D eigenvalue weighted by Crippen LogP contribution is -2.53. The minimum absolute atomic E-state index is 0.0695. The number of hydrogen-bond acceptors (Lipinski definition) is 5. The first-order valence-corrected chi connectivity index (χ1v) is 12.9. The Labute approximate surface area is 227 Å². The van der Waals surface area contributed by atoms with Crippen LogP contribution in [-0.2, 0) is 21.4 Å². The Morgan fingerprint density at radius 2 is 1.88 bits per heavy atom. The highest BCUT2D eigenvalue weighted by molar-refractivity contribution is 6.01. The molecule has 11 heteroatoms. The van der Waals surface area contributed by atoms with Gasteiger partial charge in [-0.15, -0.1) is 0 Å². The average molecular weight is 545 g/mol. The molecular weight excluding hydrogens is 518 g/mol. The number of fused-ring (bicyclic) bond motifs is 3. The Morgan fingerprint density at radius 3 is 2.65 bits per heavy atom. The van der Waals surface area contributed by atoms with Crippen LogP contribution in [0.3, 0.4) is 0 Å². The van der Waals surface area contributed by atoms with Crippen LogP contribution in [0.1, 0.15) is 34.5 Å². The summed E-state index contributed by atoms with van der Waals surface area (Å²) < 4.78 is 28.5. The van der Waals surface area contributed by atoms with Crippen LogP contribution in [-0.4, -0.2) is 51.3 Å². The lowest BCUT2D eigenvalue weighted by atomic mass is 9.73. The van der Waals surface area contributed by atoms with Crippen LogP contribution in [0.2, 0.25) is 0 Å². The van der Waals surface area contributed by atoms with E-state index >= 15 is 0 Å². The van der Waals surface area contributed by atoms with Crippen LogP contribution in [0.5, 0.6) is 0 Å². The van der Waals surface area contributed by atoms with Gasteiger partial charge in [0.15, 0.2) is 0 Å². The first kappa shape index (κ1) is 25.6. The second-order valence-electron chi connectivity index (χ2n) is 10.4. The molecule has 9 nitrogen and oxygen atoms in total. The van der Waals surface area contributed by atoms with Crippen LogP contribution in [0.15, 0.2) is 67.0 Å². The fourth-order valence-electron chi connectivity index (χ4n) is 5.90. The summed E-state index contributed by atoms with van der Waals surface area (Å²) in [5.74, 6) is -2.66. The number of nitrogens with one attached hydrogen (secondary N) is 3. The molecule has 0 saturated carbocycles. The second kappa shape index (κ2) is 9.83. The molecule has 2 aliphatic heterocycles. The quantitative estimate of drug-likeness (QED) is 0.307. The SMILES string of the molecule is N[C@@H]1C[C@]2(CC(=O)Nc3ccccc32)CN1C(=O)[C@H](Cc1ccncc1)NC(=O)c1cc2c(F)ccc(F)c2[nH]1. The molecule has 1 spiro atoms. The first-order valence-electron chi connectivity index (χ1n) is 12.9. The van der Waals surface area contributed by atoms with Crippen LogP contribution >= 0.6 is 0 Å². The molecule has 0 radical (unpaired) electrons. The molecule has 3 amide bonds. The van der Waals surface area contributed by atoms with Gasteiger partial charge in [-0.1, -0.05) is 18.2 Å². The smallest absolute Gasteiger partial charge is 0.268 e. The van der Waals surface area contributed by atoms with Crippen molar-refractivity contribution in [3.8, 4) is 0 Å². The third kappa shape index (κ3) is 4.47. The van der Waals surface area contributed by atoms with Crippen LogP contribution in [0.4, 0.5) is 14.5 Å². The summed E-state index contributed by atoms with van der Waals surface area (Å²) in [4.78, 5) is 48.0. The summed E-state index contributed by atoms with van der Waals surface area (Å²) in [5, 5.41) is 5.55. The number of carbonyl (C=O) groups is 3. The third-order valence-corrected chi connectivity index (χ3v) is 7.75. The topological polar surface area (TPSA) is 133 Å². The second-order valence-corrected chi connectivity index (χ2v) is 10.4. The van der Waals surface area contributed by atoms with Gasteiger partial charge in [0.25, 0.3) is 5.91 Å². The highest BCUT2D eigenvalue weighted by atomic mass is 19.1. The molecule has 0 unspecified atom stereocenters. The molecule has 0 bridgehead atoms. The van der Waals surface area contributed by atoms with Crippen molar-refractivity contribution in [3.63, 3.8) is 0 Å². The highest BCUT2D eigenvalue weighted by Gasteiger charge is 2.50. The molecule has 1 fully saturated rings. The number of aromatic nitrogens is 2. The molecule has 2 aromatic carbocycles. The van der Waals surface area contributed by atoms with Gasteiger partial charge in [-0.05, 0) is 53.9 Å². The van der Waals surface area contributed by atoms with Gasteiger partial charge in [0.05, 0.1) is 11.7 Å². The largest absolute Gasteiger partial charge is 0.348 e. The van der Waals surface area contributed by atoms with Crippen molar-refractivity contribution in [1.82, 2.24) is 20.2 Å². The van der Waals surface area contributed by atoms with Gasteiger partial charge in [-0.25, -0.2) is 8.78 Å². The van der Waals surface area contributed by atoms with Crippen molar-refractivity contribution in [2.45, 2.75) is 36.9 Å². The van der Waals surface area contributed by atoms with E-state index in [4.69, 9.17) is 5.73 Å². The van der Waals surface area contributed by atoms with Crippen molar-refractivity contribution >= 4 is 34.3 Å². The van der Waals surface area contributed by atoms with E-state index < -0.39 is 41.1 Å². The molecule has 3 atom stereocenters. The normalized spacial score (nSPS) is 20.8. The van der Waals surface area contributed by atoms with Crippen molar-refractivity contribution in [2.24, 2.45) is 5.73 Å². The Balaban J connectivity index is 1.30. The predicted octanol–water partition coefficient (Wildman–Crippen LogP) is 2.98. The number of anilines is 1. The number of aromatic amines is 1. The van der Waals surface area contributed by atoms with Gasteiger partial charge in [0, 0.05) is 48.3 Å². The molecule has 2 aliphatic rings. The van der Waals surface area contributed by atoms with Gasteiger partial charge < -0.3 is 26.3 Å². The maximum absolute atomic E-state index is 14.2. The van der Waals surface area contributed by atoms with Crippen LogP contribution in [0.25, 0.3) is 10.9 Å². The molecule has 5 N–H and O–H groups in total. The molecule has 4 aromatic rings. The summed E-state index contributed by atoms with van der Waals surface area (Å²) in [5.41, 5.74) is 7.97. The maximum atomic E-state index is 14.2. The molecule has 204 valence electrons. The molecule has 6 rings (SSSR count).